The first-order valence-corrected chi connectivity index (χ1v) is 24.4. The van der Waals surface area contributed by atoms with E-state index in [1.165, 1.54) is 161 Å². The van der Waals surface area contributed by atoms with Crippen LogP contribution in [0.25, 0.3) is 0 Å². The van der Waals surface area contributed by atoms with Crippen molar-refractivity contribution in [3.8, 4) is 0 Å². The fourth-order valence-corrected chi connectivity index (χ4v) is 7.60. The maximum absolute atomic E-state index is 13.1. The zero-order chi connectivity index (χ0) is 40.3. The normalized spacial score (nSPS) is 13.3. The maximum Gasteiger partial charge on any atom is 0.306 e. The number of carbonyl (C=O) groups is 2. The SMILES string of the molecule is CCCCCC/C=C\CCCCCCCC(CC(=O)NC(CO)C(O)CCCCCCCCCCCC)OC(=O)CCCCCCCCCCCCCCC. The van der Waals surface area contributed by atoms with Crippen molar-refractivity contribution >= 4 is 11.9 Å². The number of esters is 1. The molecule has 55 heavy (non-hydrogen) atoms. The highest BCUT2D eigenvalue weighted by molar-refractivity contribution is 5.77. The van der Waals surface area contributed by atoms with Crippen LogP contribution in [0.5, 0.6) is 0 Å². The molecule has 0 aliphatic rings. The van der Waals surface area contributed by atoms with Crippen LogP contribution in [0.1, 0.15) is 265 Å². The summed E-state index contributed by atoms with van der Waals surface area (Å²) in [7, 11) is 0. The summed E-state index contributed by atoms with van der Waals surface area (Å²) in [5.41, 5.74) is 0. The average Bonchev–Trinajstić information content (AvgIpc) is 3.18. The summed E-state index contributed by atoms with van der Waals surface area (Å²) in [5, 5.41) is 23.7. The van der Waals surface area contributed by atoms with Gasteiger partial charge in [-0.05, 0) is 51.4 Å². The highest BCUT2D eigenvalue weighted by atomic mass is 16.5. The van der Waals surface area contributed by atoms with Gasteiger partial charge < -0.3 is 20.3 Å². The van der Waals surface area contributed by atoms with Crippen LogP contribution in [0, 0.1) is 0 Å². The average molecular weight is 778 g/mol. The Morgan fingerprint density at radius 1 is 0.509 bits per heavy atom. The van der Waals surface area contributed by atoms with Crippen molar-refractivity contribution in [1.82, 2.24) is 5.32 Å². The molecule has 0 saturated carbocycles. The van der Waals surface area contributed by atoms with Crippen LogP contribution in [-0.4, -0.2) is 46.9 Å². The van der Waals surface area contributed by atoms with Crippen molar-refractivity contribution in [3.63, 3.8) is 0 Å². The largest absolute Gasteiger partial charge is 0.462 e. The van der Waals surface area contributed by atoms with Gasteiger partial charge in [0.25, 0.3) is 0 Å². The number of aliphatic hydroxyl groups is 2. The number of carbonyl (C=O) groups excluding carboxylic acids is 2. The van der Waals surface area contributed by atoms with E-state index in [9.17, 15) is 19.8 Å². The quantitative estimate of drug-likeness (QED) is 0.0325. The molecule has 6 nitrogen and oxygen atoms in total. The number of unbranched alkanes of at least 4 members (excludes halogenated alkanes) is 30. The van der Waals surface area contributed by atoms with Crippen molar-refractivity contribution in [1.29, 1.82) is 0 Å². The molecule has 0 heterocycles. The van der Waals surface area contributed by atoms with Gasteiger partial charge in [-0.25, -0.2) is 0 Å². The summed E-state index contributed by atoms with van der Waals surface area (Å²) in [6, 6.07) is -0.696. The van der Waals surface area contributed by atoms with E-state index in [-0.39, 0.29) is 24.9 Å². The summed E-state index contributed by atoms with van der Waals surface area (Å²) in [5.74, 6) is -0.469. The topological polar surface area (TPSA) is 95.9 Å². The van der Waals surface area contributed by atoms with E-state index in [4.69, 9.17) is 4.74 Å². The molecule has 0 radical (unpaired) electrons. The molecule has 0 saturated heterocycles. The molecule has 0 rings (SSSR count). The Bertz CT molecular complexity index is 832. The molecule has 1 amide bonds. The lowest BCUT2D eigenvalue weighted by Gasteiger charge is -2.24. The van der Waals surface area contributed by atoms with Gasteiger partial charge in [-0.1, -0.05) is 213 Å². The van der Waals surface area contributed by atoms with E-state index in [0.717, 1.165) is 57.8 Å². The van der Waals surface area contributed by atoms with Gasteiger partial charge in [-0.3, -0.25) is 9.59 Å². The molecule has 0 aliphatic carbocycles. The first kappa shape index (κ1) is 53.6. The number of aliphatic hydroxyl groups excluding tert-OH is 2. The van der Waals surface area contributed by atoms with Gasteiger partial charge in [0, 0.05) is 6.42 Å². The first-order valence-electron chi connectivity index (χ1n) is 24.4. The van der Waals surface area contributed by atoms with Gasteiger partial charge in [0.2, 0.25) is 5.91 Å². The maximum atomic E-state index is 13.1. The van der Waals surface area contributed by atoms with Crippen molar-refractivity contribution in [2.45, 2.75) is 283 Å². The van der Waals surface area contributed by atoms with E-state index in [0.29, 0.717) is 19.3 Å². The monoisotopic (exact) mass is 778 g/mol. The lowest BCUT2D eigenvalue weighted by atomic mass is 10.0. The minimum absolute atomic E-state index is 0.0782. The van der Waals surface area contributed by atoms with E-state index in [1.54, 1.807) is 0 Å². The number of amides is 1. The third-order valence-corrected chi connectivity index (χ3v) is 11.3. The fraction of sp³-hybridized carbons (Fsp3) is 0.918. The molecule has 0 aliphatic heterocycles. The standard InChI is InChI=1S/C49H95NO5/c1-4-7-10-13-16-19-22-24-26-28-31-34-37-40-45(55-49(54)42-39-36-33-30-27-25-23-20-17-14-11-8-5-2)43-48(53)50-46(44-51)47(52)41-38-35-32-29-21-18-15-12-9-6-3/h19,22,45-47,51-52H,4-18,20-21,23-44H2,1-3H3,(H,50,53)/b22-19-. The number of nitrogens with one attached hydrogen (secondary N) is 1. The predicted octanol–water partition coefficient (Wildman–Crippen LogP) is 14.2. The fourth-order valence-electron chi connectivity index (χ4n) is 7.60. The Balaban J connectivity index is 4.57. The molecule has 0 aromatic carbocycles. The van der Waals surface area contributed by atoms with Crippen LogP contribution in [-0.2, 0) is 14.3 Å². The zero-order valence-electron chi connectivity index (χ0n) is 37.1. The predicted molar refractivity (Wildman–Crippen MR) is 237 cm³/mol. The molecule has 6 heteroatoms. The van der Waals surface area contributed by atoms with Crippen molar-refractivity contribution < 1.29 is 24.5 Å². The van der Waals surface area contributed by atoms with Gasteiger partial charge in [-0.2, -0.15) is 0 Å². The third kappa shape index (κ3) is 39.2. The van der Waals surface area contributed by atoms with Gasteiger partial charge in [0.05, 0.1) is 25.2 Å². The van der Waals surface area contributed by atoms with E-state index in [2.05, 4.69) is 38.2 Å². The lowest BCUT2D eigenvalue weighted by Crippen LogP contribution is -2.46. The number of ether oxygens (including phenoxy) is 1. The summed E-state index contributed by atoms with van der Waals surface area (Å²) in [4.78, 5) is 26.0. The summed E-state index contributed by atoms with van der Waals surface area (Å²) >= 11 is 0. The van der Waals surface area contributed by atoms with Crippen LogP contribution in [0.15, 0.2) is 12.2 Å². The highest BCUT2D eigenvalue weighted by Gasteiger charge is 2.24. The van der Waals surface area contributed by atoms with E-state index in [1.807, 2.05) is 0 Å². The number of allylic oxidation sites excluding steroid dienone is 2. The Morgan fingerprint density at radius 2 is 0.873 bits per heavy atom. The Kier molecular flexibility index (Phi) is 42.6. The molecule has 0 aromatic rings. The molecule has 3 N–H and O–H groups in total. The lowest BCUT2D eigenvalue weighted by molar-refractivity contribution is -0.151. The van der Waals surface area contributed by atoms with Crippen LogP contribution in [0.4, 0.5) is 0 Å². The van der Waals surface area contributed by atoms with Gasteiger partial charge in [-0.15, -0.1) is 0 Å². The van der Waals surface area contributed by atoms with Crippen LogP contribution in [0.2, 0.25) is 0 Å². The molecule has 0 aromatic heterocycles. The zero-order valence-corrected chi connectivity index (χ0v) is 37.1. The molecular formula is C49H95NO5. The second-order valence-electron chi connectivity index (χ2n) is 16.9. The Hall–Kier alpha value is -1.40. The van der Waals surface area contributed by atoms with E-state index < -0.39 is 18.2 Å². The molecule has 3 unspecified atom stereocenters. The van der Waals surface area contributed by atoms with Crippen molar-refractivity contribution in [3.05, 3.63) is 12.2 Å². The van der Waals surface area contributed by atoms with Crippen LogP contribution < -0.4 is 5.32 Å². The van der Waals surface area contributed by atoms with E-state index >= 15 is 0 Å². The molecular weight excluding hydrogens is 683 g/mol. The number of hydrogen-bond acceptors (Lipinski definition) is 5. The Labute approximate surface area is 342 Å². The summed E-state index contributed by atoms with van der Waals surface area (Å²) < 4.78 is 5.92. The minimum Gasteiger partial charge on any atom is -0.462 e. The molecule has 3 atom stereocenters. The molecule has 0 spiro atoms. The van der Waals surface area contributed by atoms with Gasteiger partial charge in [0.15, 0.2) is 0 Å². The summed E-state index contributed by atoms with van der Waals surface area (Å²) in [6.45, 7) is 6.46. The Morgan fingerprint density at radius 3 is 1.31 bits per heavy atom. The second-order valence-corrected chi connectivity index (χ2v) is 16.9. The molecule has 326 valence electrons. The highest BCUT2D eigenvalue weighted by Crippen LogP contribution is 2.18. The number of rotatable bonds is 44. The van der Waals surface area contributed by atoms with Gasteiger partial charge >= 0.3 is 5.97 Å². The third-order valence-electron chi connectivity index (χ3n) is 11.3. The van der Waals surface area contributed by atoms with Gasteiger partial charge in [0.1, 0.15) is 6.10 Å². The van der Waals surface area contributed by atoms with Crippen LogP contribution in [0.3, 0.4) is 0 Å². The first-order chi connectivity index (χ1) is 27.0. The second kappa shape index (κ2) is 43.7. The van der Waals surface area contributed by atoms with Crippen molar-refractivity contribution in [2.75, 3.05) is 6.61 Å². The van der Waals surface area contributed by atoms with Crippen LogP contribution >= 0.6 is 0 Å². The smallest absolute Gasteiger partial charge is 0.306 e. The molecule has 0 fully saturated rings. The summed E-state index contributed by atoms with van der Waals surface area (Å²) in [6.07, 6.45) is 46.9. The number of hydrogen-bond donors (Lipinski definition) is 3. The van der Waals surface area contributed by atoms with Crippen molar-refractivity contribution in [2.24, 2.45) is 0 Å². The molecule has 0 bridgehead atoms. The minimum atomic E-state index is -0.782.